The molecule has 0 amide bonds. The Morgan fingerprint density at radius 3 is 2.29 bits per heavy atom. The predicted octanol–water partition coefficient (Wildman–Crippen LogP) is 0.380. The van der Waals surface area contributed by atoms with Crippen LogP contribution in [0.3, 0.4) is 0 Å². The summed E-state index contributed by atoms with van der Waals surface area (Å²) in [6, 6.07) is 3.56. The van der Waals surface area contributed by atoms with Crippen LogP contribution in [0.1, 0.15) is 11.5 Å². The van der Waals surface area contributed by atoms with E-state index in [2.05, 4.69) is 40.3 Å². The standard InChI is InChI=1S/C7H6N6.C5H3N3/c1-5-10-12-7(13-11-5)6-2-3-8-4-9-6;6-3-5-4-7-1-2-8-5/h2-4H,1H3;1-2,4H. The van der Waals surface area contributed by atoms with Crippen LogP contribution in [0.4, 0.5) is 0 Å². The fourth-order valence-corrected chi connectivity index (χ4v) is 1.16. The van der Waals surface area contributed by atoms with Crippen LogP contribution in [-0.2, 0) is 0 Å². The molecule has 0 atom stereocenters. The quantitative estimate of drug-likeness (QED) is 0.620. The molecule has 0 saturated carbocycles. The second kappa shape index (κ2) is 7.25. The van der Waals surface area contributed by atoms with E-state index in [1.54, 1.807) is 19.2 Å². The number of aromatic nitrogens is 8. The van der Waals surface area contributed by atoms with Gasteiger partial charge in [0.2, 0.25) is 5.82 Å². The maximum atomic E-state index is 8.19. The number of nitrogens with zero attached hydrogens (tertiary/aromatic N) is 9. The van der Waals surface area contributed by atoms with Crippen LogP contribution >= 0.6 is 0 Å². The fourth-order valence-electron chi connectivity index (χ4n) is 1.16. The van der Waals surface area contributed by atoms with Crippen LogP contribution in [0.25, 0.3) is 11.5 Å². The largest absolute Gasteiger partial charge is 0.260 e. The van der Waals surface area contributed by atoms with E-state index in [1.807, 2.05) is 6.07 Å². The van der Waals surface area contributed by atoms with E-state index in [4.69, 9.17) is 5.26 Å². The topological polar surface area (TPSA) is 127 Å². The molecule has 9 heteroatoms. The average molecular weight is 279 g/mol. The van der Waals surface area contributed by atoms with Crippen molar-refractivity contribution in [2.45, 2.75) is 6.92 Å². The second-order valence-electron chi connectivity index (χ2n) is 3.57. The first-order valence-corrected chi connectivity index (χ1v) is 5.76. The molecule has 102 valence electrons. The molecule has 0 bridgehead atoms. The van der Waals surface area contributed by atoms with Crippen molar-refractivity contribution < 1.29 is 0 Å². The van der Waals surface area contributed by atoms with Crippen LogP contribution in [0.15, 0.2) is 37.2 Å². The highest BCUT2D eigenvalue weighted by Crippen LogP contribution is 2.05. The Hall–Kier alpha value is -3.41. The first-order chi connectivity index (χ1) is 10.3. The van der Waals surface area contributed by atoms with Gasteiger partial charge >= 0.3 is 0 Å². The van der Waals surface area contributed by atoms with Gasteiger partial charge in [-0.15, -0.1) is 20.4 Å². The van der Waals surface area contributed by atoms with Crippen LogP contribution in [-0.4, -0.2) is 40.3 Å². The molecule has 0 aliphatic heterocycles. The number of aryl methyl sites for hydroxylation is 1. The van der Waals surface area contributed by atoms with Gasteiger partial charge in [-0.2, -0.15) is 5.26 Å². The molecule has 3 aromatic rings. The number of rotatable bonds is 1. The molecular formula is C12H9N9. The Morgan fingerprint density at radius 1 is 0.952 bits per heavy atom. The lowest BCUT2D eigenvalue weighted by molar-refractivity contribution is 0.811. The summed E-state index contributed by atoms with van der Waals surface area (Å²) >= 11 is 0. The maximum absolute atomic E-state index is 8.19. The van der Waals surface area contributed by atoms with Gasteiger partial charge < -0.3 is 0 Å². The average Bonchev–Trinajstić information content (AvgIpc) is 2.58. The summed E-state index contributed by atoms with van der Waals surface area (Å²) in [7, 11) is 0. The third-order valence-corrected chi connectivity index (χ3v) is 2.07. The van der Waals surface area contributed by atoms with E-state index in [0.717, 1.165) is 0 Å². The molecule has 0 spiro atoms. The van der Waals surface area contributed by atoms with Crippen molar-refractivity contribution >= 4 is 0 Å². The molecular weight excluding hydrogens is 270 g/mol. The van der Waals surface area contributed by atoms with Gasteiger partial charge in [0.25, 0.3) is 0 Å². The van der Waals surface area contributed by atoms with Crippen LogP contribution in [0.5, 0.6) is 0 Å². The van der Waals surface area contributed by atoms with Crippen LogP contribution < -0.4 is 0 Å². The predicted molar refractivity (Wildman–Crippen MR) is 70.1 cm³/mol. The van der Waals surface area contributed by atoms with Gasteiger partial charge in [-0.3, -0.25) is 4.98 Å². The van der Waals surface area contributed by atoms with Gasteiger partial charge in [0.1, 0.15) is 18.1 Å². The first kappa shape index (κ1) is 14.0. The zero-order chi connectivity index (χ0) is 14.9. The molecule has 9 nitrogen and oxygen atoms in total. The highest BCUT2D eigenvalue weighted by Gasteiger charge is 2.02. The van der Waals surface area contributed by atoms with E-state index in [-0.39, 0.29) is 0 Å². The Balaban J connectivity index is 0.000000173. The molecule has 0 radical (unpaired) electrons. The minimum absolute atomic E-state index is 0.354. The molecule has 0 saturated heterocycles. The zero-order valence-corrected chi connectivity index (χ0v) is 11.0. The smallest absolute Gasteiger partial charge is 0.222 e. The second-order valence-corrected chi connectivity index (χ2v) is 3.57. The molecule has 3 heterocycles. The van der Waals surface area contributed by atoms with E-state index in [0.29, 0.717) is 23.0 Å². The number of nitriles is 1. The summed E-state index contributed by atoms with van der Waals surface area (Å²) in [5, 5.41) is 23.4. The summed E-state index contributed by atoms with van der Waals surface area (Å²) in [6.45, 7) is 1.73. The van der Waals surface area contributed by atoms with Crippen molar-refractivity contribution in [3.63, 3.8) is 0 Å². The molecule has 0 aliphatic carbocycles. The summed E-state index contributed by atoms with van der Waals surface area (Å²) in [5.74, 6) is 0.950. The van der Waals surface area contributed by atoms with Crippen LogP contribution in [0.2, 0.25) is 0 Å². The molecule has 3 aromatic heterocycles. The highest BCUT2D eigenvalue weighted by molar-refractivity contribution is 5.45. The third-order valence-electron chi connectivity index (χ3n) is 2.07. The third kappa shape index (κ3) is 4.32. The molecule has 3 rings (SSSR count). The summed E-state index contributed by atoms with van der Waals surface area (Å²) in [4.78, 5) is 15.1. The van der Waals surface area contributed by atoms with Crippen LogP contribution in [0, 0.1) is 18.3 Å². The molecule has 0 aromatic carbocycles. The van der Waals surface area contributed by atoms with Gasteiger partial charge in [0, 0.05) is 18.6 Å². The lowest BCUT2D eigenvalue weighted by atomic mass is 10.4. The lowest BCUT2D eigenvalue weighted by Crippen LogP contribution is -1.99. The molecule has 0 N–H and O–H groups in total. The van der Waals surface area contributed by atoms with Gasteiger partial charge in [-0.05, 0) is 13.0 Å². The minimum Gasteiger partial charge on any atom is -0.260 e. The van der Waals surface area contributed by atoms with Crippen molar-refractivity contribution in [2.75, 3.05) is 0 Å². The minimum atomic E-state index is 0.354. The zero-order valence-electron chi connectivity index (χ0n) is 11.0. The SMILES string of the molecule is Cc1nnc(-c2ccncn2)nn1.N#Cc1cnccn1. The van der Waals surface area contributed by atoms with Gasteiger partial charge in [-0.1, -0.05) is 0 Å². The fraction of sp³-hybridized carbons (Fsp3) is 0.0833. The molecule has 0 aliphatic rings. The van der Waals surface area contributed by atoms with Crippen molar-refractivity contribution in [1.29, 1.82) is 5.26 Å². The molecule has 0 unspecified atom stereocenters. The van der Waals surface area contributed by atoms with E-state index in [9.17, 15) is 0 Å². The van der Waals surface area contributed by atoms with Gasteiger partial charge in [-0.25, -0.2) is 15.0 Å². The van der Waals surface area contributed by atoms with Gasteiger partial charge in [0.05, 0.1) is 6.20 Å². The number of hydrogen-bond donors (Lipinski definition) is 0. The summed E-state index contributed by atoms with van der Waals surface area (Å²) < 4.78 is 0. The summed E-state index contributed by atoms with van der Waals surface area (Å²) in [5.41, 5.74) is 0.975. The molecule has 21 heavy (non-hydrogen) atoms. The van der Waals surface area contributed by atoms with E-state index < -0.39 is 0 Å². The van der Waals surface area contributed by atoms with Crippen molar-refractivity contribution in [1.82, 2.24) is 40.3 Å². The summed E-state index contributed by atoms with van der Waals surface area (Å²) in [6.07, 6.45) is 7.48. The first-order valence-electron chi connectivity index (χ1n) is 5.76. The van der Waals surface area contributed by atoms with Crippen molar-refractivity contribution in [2.24, 2.45) is 0 Å². The Bertz CT molecular complexity index is 707. The van der Waals surface area contributed by atoms with E-state index in [1.165, 1.54) is 24.9 Å². The highest BCUT2D eigenvalue weighted by atomic mass is 15.3. The van der Waals surface area contributed by atoms with Crippen molar-refractivity contribution in [3.05, 3.63) is 48.7 Å². The van der Waals surface area contributed by atoms with Gasteiger partial charge in [0.15, 0.2) is 11.5 Å². The Morgan fingerprint density at radius 2 is 1.76 bits per heavy atom. The maximum Gasteiger partial charge on any atom is 0.222 e. The Labute approximate surface area is 119 Å². The van der Waals surface area contributed by atoms with E-state index >= 15 is 0 Å². The number of hydrogen-bond acceptors (Lipinski definition) is 9. The monoisotopic (exact) mass is 279 g/mol. The molecule has 0 fully saturated rings. The van der Waals surface area contributed by atoms with Crippen molar-refractivity contribution in [3.8, 4) is 17.6 Å². The normalized spacial score (nSPS) is 9.14. The Kier molecular flexibility index (Phi) is 4.83. The lowest BCUT2D eigenvalue weighted by Gasteiger charge is -1.94.